The monoisotopic (exact) mass is 394 g/mol. The summed E-state index contributed by atoms with van der Waals surface area (Å²) < 4.78 is 1.79. The highest BCUT2D eigenvalue weighted by atomic mass is 35.5. The molecule has 4 nitrogen and oxygen atoms in total. The number of halogens is 1. The number of aromatic nitrogens is 2. The molecule has 6 heteroatoms. The molecule has 1 aliphatic carbocycles. The zero-order valence-corrected chi connectivity index (χ0v) is 15.8. The molecule has 2 heterocycles. The second kappa shape index (κ2) is 6.22. The number of hydrogen-bond acceptors (Lipinski definition) is 3. The van der Waals surface area contributed by atoms with Gasteiger partial charge in [0.1, 0.15) is 4.70 Å². The number of nitrogens with zero attached hydrogens (tertiary/aromatic N) is 1. The van der Waals surface area contributed by atoms with E-state index in [-0.39, 0.29) is 5.56 Å². The van der Waals surface area contributed by atoms with Gasteiger partial charge in [-0.25, -0.2) is 9.36 Å². The van der Waals surface area contributed by atoms with E-state index in [1.165, 1.54) is 15.9 Å². The van der Waals surface area contributed by atoms with Gasteiger partial charge in [-0.3, -0.25) is 4.79 Å². The molecule has 1 saturated carbocycles. The number of para-hydroxylation sites is 1. The molecule has 0 unspecified atom stereocenters. The Kier molecular flexibility index (Phi) is 3.81. The molecule has 1 aliphatic rings. The number of nitrogens with one attached hydrogen (secondary N) is 1. The Labute approximate surface area is 163 Å². The molecule has 2 aromatic carbocycles. The first kappa shape index (κ1) is 16.5. The molecule has 0 aliphatic heterocycles. The Bertz CT molecular complexity index is 1300. The number of hydrogen-bond donors (Lipinski definition) is 1. The highest BCUT2D eigenvalue weighted by molar-refractivity contribution is 7.22. The fraction of sp³-hybridized carbons (Fsp3) is 0.143. The molecule has 4 aromatic rings. The molecular formula is C21H15ClN2O2S. The minimum atomic E-state index is -0.413. The van der Waals surface area contributed by atoms with Crippen molar-refractivity contribution in [2.75, 3.05) is 0 Å². The predicted octanol–water partition coefficient (Wildman–Crippen LogP) is 4.94. The molecule has 2 aromatic heterocycles. The molecule has 134 valence electrons. The summed E-state index contributed by atoms with van der Waals surface area (Å²) in [5.41, 5.74) is 2.44. The number of aromatic amines is 1. The van der Waals surface area contributed by atoms with Crippen molar-refractivity contribution in [1.29, 1.82) is 0 Å². The highest BCUT2D eigenvalue weighted by Gasteiger charge is 2.27. The molecule has 0 amide bonds. The van der Waals surface area contributed by atoms with Gasteiger partial charge in [0, 0.05) is 15.5 Å². The van der Waals surface area contributed by atoms with E-state index in [4.69, 9.17) is 11.6 Å². The van der Waals surface area contributed by atoms with Gasteiger partial charge >= 0.3 is 5.69 Å². The van der Waals surface area contributed by atoms with Crippen LogP contribution in [0.4, 0.5) is 0 Å². The van der Waals surface area contributed by atoms with Crippen LogP contribution in [0.5, 0.6) is 0 Å². The fourth-order valence-electron chi connectivity index (χ4n) is 3.45. The number of thiophene rings is 1. The van der Waals surface area contributed by atoms with Gasteiger partial charge in [-0.2, -0.15) is 0 Å². The van der Waals surface area contributed by atoms with Crippen LogP contribution in [0.2, 0.25) is 5.02 Å². The first-order chi connectivity index (χ1) is 13.1. The largest absolute Gasteiger partial charge is 0.333 e. The van der Waals surface area contributed by atoms with Gasteiger partial charge in [0.15, 0.2) is 0 Å². The summed E-state index contributed by atoms with van der Waals surface area (Å²) in [6, 6.07) is 17.0. The smallest absolute Gasteiger partial charge is 0.306 e. The quantitative estimate of drug-likeness (QED) is 0.535. The van der Waals surface area contributed by atoms with Crippen molar-refractivity contribution in [3.8, 4) is 16.1 Å². The van der Waals surface area contributed by atoms with Crippen LogP contribution in [0.25, 0.3) is 26.3 Å². The predicted molar refractivity (Wildman–Crippen MR) is 110 cm³/mol. The van der Waals surface area contributed by atoms with E-state index in [0.717, 1.165) is 28.8 Å². The molecule has 0 radical (unpaired) electrons. The van der Waals surface area contributed by atoms with Crippen LogP contribution in [0.15, 0.2) is 64.2 Å². The van der Waals surface area contributed by atoms with Gasteiger partial charge in [-0.05, 0) is 42.5 Å². The van der Waals surface area contributed by atoms with Gasteiger partial charge in [-0.15, -0.1) is 11.3 Å². The van der Waals surface area contributed by atoms with Crippen molar-refractivity contribution >= 4 is 33.2 Å². The van der Waals surface area contributed by atoms with Crippen molar-refractivity contribution in [2.24, 2.45) is 0 Å². The third-order valence-corrected chi connectivity index (χ3v) is 6.39. The Morgan fingerprint density at radius 1 is 1.04 bits per heavy atom. The van der Waals surface area contributed by atoms with Crippen LogP contribution in [0.3, 0.4) is 0 Å². The van der Waals surface area contributed by atoms with Gasteiger partial charge in [-0.1, -0.05) is 48.0 Å². The average Bonchev–Trinajstić information content (AvgIpc) is 3.42. The zero-order valence-electron chi connectivity index (χ0n) is 14.2. The van der Waals surface area contributed by atoms with Crippen molar-refractivity contribution in [1.82, 2.24) is 9.55 Å². The Hall–Kier alpha value is -2.63. The van der Waals surface area contributed by atoms with Gasteiger partial charge in [0.05, 0.1) is 11.2 Å². The van der Waals surface area contributed by atoms with E-state index in [0.29, 0.717) is 26.8 Å². The molecule has 0 atom stereocenters. The second-order valence-electron chi connectivity index (χ2n) is 6.74. The van der Waals surface area contributed by atoms with Gasteiger partial charge in [0.2, 0.25) is 0 Å². The number of benzene rings is 2. The van der Waals surface area contributed by atoms with Gasteiger partial charge < -0.3 is 4.98 Å². The van der Waals surface area contributed by atoms with Crippen molar-refractivity contribution in [3.05, 3.63) is 86.0 Å². The van der Waals surface area contributed by atoms with Crippen LogP contribution in [-0.2, 0) is 0 Å². The Morgan fingerprint density at radius 3 is 2.56 bits per heavy atom. The van der Waals surface area contributed by atoms with E-state index in [1.807, 2.05) is 54.6 Å². The van der Waals surface area contributed by atoms with Crippen molar-refractivity contribution < 1.29 is 0 Å². The van der Waals surface area contributed by atoms with Crippen LogP contribution < -0.4 is 11.2 Å². The molecule has 27 heavy (non-hydrogen) atoms. The second-order valence-corrected chi connectivity index (χ2v) is 8.20. The Morgan fingerprint density at radius 2 is 1.78 bits per heavy atom. The average molecular weight is 395 g/mol. The van der Waals surface area contributed by atoms with E-state index in [1.54, 1.807) is 0 Å². The van der Waals surface area contributed by atoms with Crippen molar-refractivity contribution in [3.63, 3.8) is 0 Å². The highest BCUT2D eigenvalue weighted by Crippen LogP contribution is 2.42. The van der Waals surface area contributed by atoms with E-state index in [2.05, 4.69) is 4.98 Å². The van der Waals surface area contributed by atoms with Crippen molar-refractivity contribution in [2.45, 2.75) is 18.8 Å². The van der Waals surface area contributed by atoms with Crippen LogP contribution >= 0.6 is 22.9 Å². The molecule has 0 saturated heterocycles. The summed E-state index contributed by atoms with van der Waals surface area (Å²) in [5.74, 6) is 0.435. The summed E-state index contributed by atoms with van der Waals surface area (Å²) in [7, 11) is 0. The molecular weight excluding hydrogens is 380 g/mol. The third-order valence-electron chi connectivity index (χ3n) is 4.91. The van der Waals surface area contributed by atoms with Crippen LogP contribution in [0, 0.1) is 0 Å². The Balaban J connectivity index is 1.76. The number of H-pyrrole nitrogens is 1. The summed E-state index contributed by atoms with van der Waals surface area (Å²) in [5, 5.41) is 0.616. The summed E-state index contributed by atoms with van der Waals surface area (Å²) in [4.78, 5) is 29.7. The maximum atomic E-state index is 13.2. The molecule has 0 bridgehead atoms. The normalized spacial score (nSPS) is 14.0. The lowest BCUT2D eigenvalue weighted by Crippen LogP contribution is -2.33. The maximum absolute atomic E-state index is 13.2. The number of rotatable bonds is 3. The van der Waals surface area contributed by atoms with E-state index < -0.39 is 5.69 Å². The van der Waals surface area contributed by atoms with Crippen LogP contribution in [0.1, 0.15) is 24.3 Å². The summed E-state index contributed by atoms with van der Waals surface area (Å²) in [6.45, 7) is 0. The SMILES string of the molecule is O=c1[nH]c2cc(-c3ccccc3Cl)sc2c(=O)n1-c1ccccc1C1CC1. The third kappa shape index (κ3) is 2.74. The minimum Gasteiger partial charge on any atom is -0.306 e. The topological polar surface area (TPSA) is 54.9 Å². The molecule has 1 fully saturated rings. The van der Waals surface area contributed by atoms with E-state index >= 15 is 0 Å². The summed E-state index contributed by atoms with van der Waals surface area (Å²) in [6.07, 6.45) is 2.20. The lowest BCUT2D eigenvalue weighted by Gasteiger charge is -2.10. The van der Waals surface area contributed by atoms with E-state index in [9.17, 15) is 9.59 Å². The lowest BCUT2D eigenvalue weighted by atomic mass is 10.1. The van der Waals surface area contributed by atoms with Gasteiger partial charge in [0.25, 0.3) is 5.56 Å². The van der Waals surface area contributed by atoms with Crippen LogP contribution in [-0.4, -0.2) is 9.55 Å². The molecule has 1 N–H and O–H groups in total. The lowest BCUT2D eigenvalue weighted by molar-refractivity contribution is 0.883. The maximum Gasteiger partial charge on any atom is 0.333 e. The fourth-order valence-corrected chi connectivity index (χ4v) is 4.83. The summed E-state index contributed by atoms with van der Waals surface area (Å²) >= 11 is 7.65. The first-order valence-electron chi connectivity index (χ1n) is 8.76. The molecule has 0 spiro atoms. The number of fused-ring (bicyclic) bond motifs is 1. The molecule has 5 rings (SSSR count). The standard InChI is InChI=1S/C21H15ClN2O2S/c22-15-7-3-1-6-14(15)18-11-16-19(27-18)20(25)24(21(26)23-16)17-8-4-2-5-13(17)12-9-10-12/h1-8,11-12H,9-10H2,(H,23,26). The first-order valence-corrected chi connectivity index (χ1v) is 9.96. The minimum absolute atomic E-state index is 0.287. The zero-order chi connectivity index (χ0) is 18.5.